The van der Waals surface area contributed by atoms with Crippen LogP contribution in [0.1, 0.15) is 92.4 Å². The molecule has 3 nitrogen and oxygen atoms in total. The number of hydrogen-bond donors (Lipinski definition) is 1. The molecule has 2 aliphatic rings. The molecule has 0 spiro atoms. The van der Waals surface area contributed by atoms with Crippen molar-refractivity contribution in [1.29, 1.82) is 0 Å². The highest BCUT2D eigenvalue weighted by Crippen LogP contribution is 2.43. The Kier molecular flexibility index (Phi) is 10.8. The fraction of sp³-hybridized carbons (Fsp3) is 0.692. The van der Waals surface area contributed by atoms with Crippen LogP contribution in [0.5, 0.6) is 5.75 Å². The zero-order valence-corrected chi connectivity index (χ0v) is 20.4. The van der Waals surface area contributed by atoms with Gasteiger partial charge in [-0.1, -0.05) is 61.8 Å². The number of phenolic OH excluding ortho intramolecular Hbond substituents is 1. The molecular formula is C26H45NO2. The molecule has 2 aromatic rings. The van der Waals surface area contributed by atoms with Crippen LogP contribution in [0.3, 0.4) is 0 Å². The number of nitrogens with zero attached hydrogens (tertiary/aromatic N) is 1. The fourth-order valence-corrected chi connectivity index (χ4v) is 4.12. The van der Waals surface area contributed by atoms with Crippen molar-refractivity contribution in [2.24, 2.45) is 11.8 Å². The first-order valence-electron chi connectivity index (χ1n) is 11.8. The van der Waals surface area contributed by atoms with Gasteiger partial charge in [0.15, 0.2) is 0 Å². The van der Waals surface area contributed by atoms with Crippen molar-refractivity contribution < 1.29 is 9.52 Å². The summed E-state index contributed by atoms with van der Waals surface area (Å²) in [6, 6.07) is 6.02. The molecule has 0 radical (unpaired) electrons. The molecule has 4 rings (SSSR count). The second kappa shape index (κ2) is 12.3. The average Bonchev–Trinajstić information content (AvgIpc) is 2.98. The number of rotatable bonds is 0. The summed E-state index contributed by atoms with van der Waals surface area (Å²) in [5.74, 6) is 3.55. The van der Waals surface area contributed by atoms with E-state index in [4.69, 9.17) is 4.42 Å². The molecular weight excluding hydrogens is 358 g/mol. The van der Waals surface area contributed by atoms with Gasteiger partial charge in [0.25, 0.3) is 0 Å². The highest BCUT2D eigenvalue weighted by atomic mass is 16.3. The normalized spacial score (nSPS) is 24.8. The second-order valence-electron chi connectivity index (χ2n) is 9.00. The van der Waals surface area contributed by atoms with E-state index in [1.807, 2.05) is 26.0 Å². The Morgan fingerprint density at radius 2 is 1.72 bits per heavy atom. The summed E-state index contributed by atoms with van der Waals surface area (Å²) in [6.45, 7) is 21.7. The molecule has 1 fully saturated rings. The second-order valence-corrected chi connectivity index (χ2v) is 9.00. The van der Waals surface area contributed by atoms with Crippen LogP contribution < -0.4 is 0 Å². The quantitative estimate of drug-likeness (QED) is 0.491. The van der Waals surface area contributed by atoms with Gasteiger partial charge in [-0.3, -0.25) is 4.90 Å². The van der Waals surface area contributed by atoms with Crippen LogP contribution >= 0.6 is 0 Å². The lowest BCUT2D eigenvalue weighted by atomic mass is 9.83. The molecule has 3 heteroatoms. The van der Waals surface area contributed by atoms with Crippen molar-refractivity contribution in [3.8, 4) is 5.75 Å². The summed E-state index contributed by atoms with van der Waals surface area (Å²) in [5.41, 5.74) is 2.25. The molecule has 2 bridgehead atoms. The molecule has 29 heavy (non-hydrogen) atoms. The molecule has 1 aromatic carbocycles. The lowest BCUT2D eigenvalue weighted by molar-refractivity contribution is 0.105. The lowest BCUT2D eigenvalue weighted by Gasteiger charge is -2.40. The van der Waals surface area contributed by atoms with E-state index in [0.717, 1.165) is 35.8 Å². The summed E-state index contributed by atoms with van der Waals surface area (Å²) in [4.78, 5) is 2.60. The first-order valence-corrected chi connectivity index (χ1v) is 11.8. The Hall–Kier alpha value is -1.48. The number of phenols is 1. The minimum Gasteiger partial charge on any atom is -0.508 e. The lowest BCUT2D eigenvalue weighted by Crippen LogP contribution is -2.44. The Morgan fingerprint density at radius 3 is 2.31 bits per heavy atom. The Bertz CT molecular complexity index is 716. The van der Waals surface area contributed by atoms with Gasteiger partial charge in [-0.25, -0.2) is 0 Å². The van der Waals surface area contributed by atoms with Gasteiger partial charge < -0.3 is 9.52 Å². The SMILES string of the molecule is CC.CC(C)C.CC1C2C[C@H](C)CN1CCc1c2oc2ccc(O)cc12.CCC. The van der Waals surface area contributed by atoms with Crippen molar-refractivity contribution in [3.63, 3.8) is 0 Å². The van der Waals surface area contributed by atoms with Crippen molar-refractivity contribution in [2.75, 3.05) is 13.1 Å². The smallest absolute Gasteiger partial charge is 0.134 e. The maximum atomic E-state index is 9.75. The summed E-state index contributed by atoms with van der Waals surface area (Å²) in [5, 5.41) is 10.9. The van der Waals surface area contributed by atoms with Crippen molar-refractivity contribution in [3.05, 3.63) is 29.5 Å². The van der Waals surface area contributed by atoms with Crippen molar-refractivity contribution in [1.82, 2.24) is 4.90 Å². The van der Waals surface area contributed by atoms with Crippen LogP contribution in [-0.4, -0.2) is 29.1 Å². The van der Waals surface area contributed by atoms with Crippen molar-refractivity contribution >= 4 is 11.0 Å². The fourth-order valence-electron chi connectivity index (χ4n) is 4.12. The maximum Gasteiger partial charge on any atom is 0.134 e. The Morgan fingerprint density at radius 1 is 1.14 bits per heavy atom. The van der Waals surface area contributed by atoms with E-state index >= 15 is 0 Å². The van der Waals surface area contributed by atoms with E-state index < -0.39 is 0 Å². The van der Waals surface area contributed by atoms with Gasteiger partial charge >= 0.3 is 0 Å². The first-order chi connectivity index (χ1) is 13.8. The third-order valence-electron chi connectivity index (χ3n) is 5.15. The molecule has 1 N–H and O–H groups in total. The molecule has 1 saturated heterocycles. The number of furan rings is 1. The summed E-state index contributed by atoms with van der Waals surface area (Å²) in [7, 11) is 0. The van der Waals surface area contributed by atoms with Crippen LogP contribution in [0, 0.1) is 11.8 Å². The Balaban J connectivity index is 0.000000404. The van der Waals surface area contributed by atoms with E-state index in [1.165, 1.54) is 30.7 Å². The largest absolute Gasteiger partial charge is 0.508 e. The highest BCUT2D eigenvalue weighted by molar-refractivity contribution is 5.84. The monoisotopic (exact) mass is 403 g/mol. The van der Waals surface area contributed by atoms with Crippen LogP contribution in [0.25, 0.3) is 11.0 Å². The third kappa shape index (κ3) is 6.77. The number of benzene rings is 1. The third-order valence-corrected chi connectivity index (χ3v) is 5.15. The van der Waals surface area contributed by atoms with Gasteiger partial charge in [0.1, 0.15) is 17.1 Å². The zero-order valence-electron chi connectivity index (χ0n) is 20.4. The minimum absolute atomic E-state index is 0.329. The van der Waals surface area contributed by atoms with Gasteiger partial charge in [-0.2, -0.15) is 0 Å². The van der Waals surface area contributed by atoms with Crippen LogP contribution in [0.15, 0.2) is 22.6 Å². The van der Waals surface area contributed by atoms with E-state index in [2.05, 4.69) is 53.4 Å². The van der Waals surface area contributed by atoms with Crippen LogP contribution in [-0.2, 0) is 6.42 Å². The first kappa shape index (κ1) is 25.6. The van der Waals surface area contributed by atoms with E-state index in [-0.39, 0.29) is 0 Å². The molecule has 3 unspecified atom stereocenters. The molecule has 166 valence electrons. The highest BCUT2D eigenvalue weighted by Gasteiger charge is 2.38. The van der Waals surface area contributed by atoms with E-state index in [0.29, 0.717) is 17.7 Å². The van der Waals surface area contributed by atoms with Gasteiger partial charge in [0.05, 0.1) is 0 Å². The van der Waals surface area contributed by atoms with Gasteiger partial charge in [-0.15, -0.1) is 0 Å². The van der Waals surface area contributed by atoms with Gasteiger partial charge in [-0.05, 0) is 49.8 Å². The maximum absolute atomic E-state index is 9.75. The number of aromatic hydroxyl groups is 1. The molecule has 0 aliphatic carbocycles. The Labute approximate surface area is 179 Å². The van der Waals surface area contributed by atoms with Crippen LogP contribution in [0.2, 0.25) is 0 Å². The molecule has 2 aliphatic heterocycles. The zero-order chi connectivity index (χ0) is 22.1. The molecule has 3 heterocycles. The summed E-state index contributed by atoms with van der Waals surface area (Å²) >= 11 is 0. The van der Waals surface area contributed by atoms with Gasteiger partial charge in [0.2, 0.25) is 0 Å². The summed E-state index contributed by atoms with van der Waals surface area (Å²) in [6.07, 6.45) is 3.48. The van der Waals surface area contributed by atoms with Gasteiger partial charge in [0, 0.05) is 36.0 Å². The topological polar surface area (TPSA) is 36.6 Å². The number of hydrogen-bond acceptors (Lipinski definition) is 3. The predicted molar refractivity (Wildman–Crippen MR) is 127 cm³/mol. The van der Waals surface area contributed by atoms with Crippen molar-refractivity contribution in [2.45, 2.75) is 93.5 Å². The molecule has 4 atom stereocenters. The predicted octanol–water partition coefficient (Wildman–Crippen LogP) is 7.61. The van der Waals surface area contributed by atoms with Crippen LogP contribution in [0.4, 0.5) is 0 Å². The molecule has 0 saturated carbocycles. The number of fused-ring (bicyclic) bond motifs is 6. The average molecular weight is 404 g/mol. The molecule has 1 aromatic heterocycles. The molecule has 0 amide bonds. The minimum atomic E-state index is 0.329. The summed E-state index contributed by atoms with van der Waals surface area (Å²) < 4.78 is 6.19. The number of piperidine rings is 1. The van der Waals surface area contributed by atoms with E-state index in [1.54, 1.807) is 6.07 Å². The standard InChI is InChI=1S/C17H21NO2.C4H10.C3H8.C2H6/c1-10-7-14-11(2)18(9-10)6-5-13-15-8-12(19)3-4-16(15)20-17(13)14;1-4(2)3;1-3-2;1-2/h3-4,8,10-11,14,19H,5-7,9H2,1-2H3;4H,1-3H3;3H2,1-2H3;1-2H3/t10-,11?,14?;;;/m0.../s1. The van der Waals surface area contributed by atoms with E-state index in [9.17, 15) is 5.11 Å².